The molecule has 5 fully saturated rings. The maximum absolute atomic E-state index is 14.3. The number of benzene rings is 3. The Bertz CT molecular complexity index is 1530. The summed E-state index contributed by atoms with van der Waals surface area (Å²) in [6.45, 7) is 0.0533. The molecule has 9 heteroatoms. The monoisotopic (exact) mass is 546 g/mol. The lowest BCUT2D eigenvalue weighted by molar-refractivity contribution is -0.152. The summed E-state index contributed by atoms with van der Waals surface area (Å²) in [7, 11) is 0. The minimum atomic E-state index is -1.20. The summed E-state index contributed by atoms with van der Waals surface area (Å²) >= 11 is 0. The minimum absolute atomic E-state index is 0.0131. The molecule has 1 spiro atoms. The Labute approximate surface area is 228 Å². The predicted octanol–water partition coefficient (Wildman–Crippen LogP) is 5.21. The Kier molecular flexibility index (Phi) is 5.40. The Morgan fingerprint density at radius 2 is 1.32 bits per heavy atom. The van der Waals surface area contributed by atoms with Crippen molar-refractivity contribution < 1.29 is 32.3 Å². The second kappa shape index (κ2) is 8.68. The van der Waals surface area contributed by atoms with Crippen LogP contribution in [0.2, 0.25) is 0 Å². The number of ether oxygens (including phenoxy) is 1. The highest BCUT2D eigenvalue weighted by Gasteiger charge is 2.92. The number of carbonyl (C=O) groups excluding carboxylic acids is 3. The molecule has 8 rings (SSSR count). The van der Waals surface area contributed by atoms with E-state index >= 15 is 0 Å². The fourth-order valence-electron chi connectivity index (χ4n) is 7.76. The minimum Gasteiger partial charge on any atom is -0.460 e. The summed E-state index contributed by atoms with van der Waals surface area (Å²) in [5.41, 5.74) is -0.134. The number of rotatable bonds is 7. The van der Waals surface area contributed by atoms with Crippen LogP contribution in [0.15, 0.2) is 72.8 Å². The lowest BCUT2D eigenvalue weighted by Gasteiger charge is -2.35. The molecule has 1 aliphatic heterocycles. The molecule has 0 radical (unpaired) electrons. The lowest BCUT2D eigenvalue weighted by Crippen LogP contribution is -2.53. The van der Waals surface area contributed by atoms with Gasteiger partial charge in [0.05, 0.1) is 12.0 Å². The molecular weight excluding hydrogens is 521 g/mol. The van der Waals surface area contributed by atoms with E-state index in [2.05, 4.69) is 0 Å². The fraction of sp³-hybridized carbons (Fsp3) is 0.323. The number of nitrogens with zero attached hydrogens (tertiary/aromatic N) is 2. The molecule has 4 aliphatic carbocycles. The molecule has 1 heterocycles. The van der Waals surface area contributed by atoms with Gasteiger partial charge in [-0.2, -0.15) is 0 Å². The van der Waals surface area contributed by atoms with Crippen LogP contribution in [0.4, 0.5) is 18.0 Å². The van der Waals surface area contributed by atoms with Gasteiger partial charge < -0.3 is 9.64 Å². The third-order valence-electron chi connectivity index (χ3n) is 9.40. The maximum atomic E-state index is 14.3. The summed E-state index contributed by atoms with van der Waals surface area (Å²) in [5.74, 6) is -2.67. The van der Waals surface area contributed by atoms with Crippen LogP contribution in [0.25, 0.3) is 0 Å². The normalized spacial score (nSPS) is 29.5. The van der Waals surface area contributed by atoms with Gasteiger partial charge in [0.1, 0.15) is 29.6 Å². The molecule has 5 unspecified atom stereocenters. The second-order valence-electron chi connectivity index (χ2n) is 11.3. The SMILES string of the molecule is O=C1N(Cc2ccc(F)cc2)C(=O)C2(C3CC4C2C4(C(=O)OCc2ccc(F)cc2)C3)N1Cc1ccc(F)cc1. The molecule has 1 saturated heterocycles. The first-order valence-corrected chi connectivity index (χ1v) is 13.3. The number of imide groups is 1. The van der Waals surface area contributed by atoms with Gasteiger partial charge in [0.25, 0.3) is 5.91 Å². The van der Waals surface area contributed by atoms with Crippen molar-refractivity contribution in [3.8, 4) is 0 Å². The first kappa shape index (κ1) is 24.9. The summed E-state index contributed by atoms with van der Waals surface area (Å²) in [4.78, 5) is 44.4. The molecule has 4 saturated carbocycles. The van der Waals surface area contributed by atoms with E-state index in [9.17, 15) is 27.6 Å². The summed E-state index contributed by atoms with van der Waals surface area (Å²) in [6.07, 6.45) is 1.06. The average molecular weight is 547 g/mol. The third-order valence-corrected chi connectivity index (χ3v) is 9.40. The van der Waals surface area contributed by atoms with Crippen molar-refractivity contribution in [1.82, 2.24) is 9.80 Å². The number of hydrogen-bond donors (Lipinski definition) is 0. The molecule has 40 heavy (non-hydrogen) atoms. The van der Waals surface area contributed by atoms with E-state index in [4.69, 9.17) is 4.74 Å². The largest absolute Gasteiger partial charge is 0.460 e. The van der Waals surface area contributed by atoms with Gasteiger partial charge >= 0.3 is 12.0 Å². The lowest BCUT2D eigenvalue weighted by atomic mass is 9.86. The van der Waals surface area contributed by atoms with Crippen molar-refractivity contribution in [2.45, 2.75) is 38.1 Å². The number of carbonyl (C=O) groups is 3. The van der Waals surface area contributed by atoms with Crippen LogP contribution in [0.1, 0.15) is 29.5 Å². The van der Waals surface area contributed by atoms with Crippen molar-refractivity contribution in [2.24, 2.45) is 23.2 Å². The van der Waals surface area contributed by atoms with Crippen molar-refractivity contribution >= 4 is 17.9 Å². The predicted molar refractivity (Wildman–Crippen MR) is 135 cm³/mol. The molecule has 4 bridgehead atoms. The Morgan fingerprint density at radius 3 is 1.88 bits per heavy atom. The van der Waals surface area contributed by atoms with Gasteiger partial charge in [0.15, 0.2) is 0 Å². The smallest absolute Gasteiger partial charge is 0.328 e. The second-order valence-corrected chi connectivity index (χ2v) is 11.3. The fourth-order valence-corrected chi connectivity index (χ4v) is 7.76. The summed E-state index contributed by atoms with van der Waals surface area (Å²) in [5, 5.41) is 0. The van der Waals surface area contributed by atoms with Gasteiger partial charge in [0, 0.05) is 12.5 Å². The van der Waals surface area contributed by atoms with Crippen LogP contribution in [0.5, 0.6) is 0 Å². The van der Waals surface area contributed by atoms with Gasteiger partial charge in [-0.25, -0.2) is 18.0 Å². The van der Waals surface area contributed by atoms with Crippen LogP contribution < -0.4 is 0 Å². The third kappa shape index (κ3) is 3.39. The molecule has 6 nitrogen and oxygen atoms in total. The molecule has 3 amide bonds. The highest BCUT2D eigenvalue weighted by molar-refractivity contribution is 6.10. The van der Waals surface area contributed by atoms with E-state index in [0.717, 1.165) is 0 Å². The van der Waals surface area contributed by atoms with E-state index < -0.39 is 34.6 Å². The van der Waals surface area contributed by atoms with E-state index in [1.165, 1.54) is 53.4 Å². The molecule has 3 aromatic carbocycles. The van der Waals surface area contributed by atoms with Crippen LogP contribution in [-0.4, -0.2) is 33.2 Å². The maximum Gasteiger partial charge on any atom is 0.328 e. The number of urea groups is 1. The van der Waals surface area contributed by atoms with Crippen molar-refractivity contribution in [3.05, 3.63) is 107 Å². The van der Waals surface area contributed by atoms with E-state index in [-0.39, 0.29) is 49.2 Å². The molecule has 5 atom stereocenters. The van der Waals surface area contributed by atoms with Gasteiger partial charge in [-0.1, -0.05) is 36.4 Å². The topological polar surface area (TPSA) is 66.9 Å². The van der Waals surface area contributed by atoms with Gasteiger partial charge in [-0.05, 0) is 77.8 Å². The zero-order valence-corrected chi connectivity index (χ0v) is 21.4. The first-order valence-electron chi connectivity index (χ1n) is 13.3. The summed E-state index contributed by atoms with van der Waals surface area (Å²) < 4.78 is 46.1. The van der Waals surface area contributed by atoms with Crippen molar-refractivity contribution in [1.29, 1.82) is 0 Å². The van der Waals surface area contributed by atoms with Gasteiger partial charge in [-0.3, -0.25) is 14.5 Å². The molecule has 0 aromatic heterocycles. The zero-order chi connectivity index (χ0) is 27.8. The summed E-state index contributed by atoms with van der Waals surface area (Å²) in [6, 6.07) is 16.6. The molecule has 0 N–H and O–H groups in total. The average Bonchev–Trinajstić information content (AvgIpc) is 3.26. The van der Waals surface area contributed by atoms with Gasteiger partial charge in [-0.15, -0.1) is 0 Å². The van der Waals surface area contributed by atoms with E-state index in [0.29, 0.717) is 29.5 Å². The quantitative estimate of drug-likeness (QED) is 0.302. The number of hydrogen-bond acceptors (Lipinski definition) is 4. The van der Waals surface area contributed by atoms with Crippen molar-refractivity contribution in [2.75, 3.05) is 0 Å². The Balaban J connectivity index is 1.20. The highest BCUT2D eigenvalue weighted by Crippen LogP contribution is 2.85. The highest BCUT2D eigenvalue weighted by atomic mass is 19.1. The van der Waals surface area contributed by atoms with Crippen molar-refractivity contribution in [3.63, 3.8) is 0 Å². The van der Waals surface area contributed by atoms with Crippen LogP contribution in [-0.2, 0) is 34.0 Å². The Hall–Kier alpha value is -4.14. The van der Waals surface area contributed by atoms with Crippen LogP contribution in [0, 0.1) is 40.6 Å². The van der Waals surface area contributed by atoms with E-state index in [1.807, 2.05) is 0 Å². The van der Waals surface area contributed by atoms with Crippen LogP contribution >= 0.6 is 0 Å². The number of amides is 3. The Morgan fingerprint density at radius 1 is 0.800 bits per heavy atom. The van der Waals surface area contributed by atoms with Gasteiger partial charge in [0.2, 0.25) is 0 Å². The first-order chi connectivity index (χ1) is 19.2. The van der Waals surface area contributed by atoms with Crippen LogP contribution in [0.3, 0.4) is 0 Å². The molecular formula is C31H25F3N2O4. The zero-order valence-electron chi connectivity index (χ0n) is 21.4. The molecule has 5 aliphatic rings. The number of esters is 1. The molecule has 3 aromatic rings. The molecule has 204 valence electrons. The number of halogens is 3. The van der Waals surface area contributed by atoms with E-state index in [1.54, 1.807) is 29.2 Å². The standard InChI is InChI=1S/C31H25F3N2O4/c32-22-7-1-18(2-8-22)15-35-27(37)31(36(29(35)39)16-19-3-9-23(33)10-4-19)21-13-25-26(31)30(25,14-21)28(38)40-17-20-5-11-24(34)12-6-20/h1-12,21,25-26H,13-17H2.